The standard InChI is InChI=1S/C27H25ClN2O3/c1-3-30-15-22(16-30)32-21-13-9-18(10-14-21)25-26(24-17(2)5-4-6-23(24)28)29-33-27(25)19-7-11-20(31)12-8-19/h4-14,22,31H,3,15-16H2,1-2H3. The number of hydrogen-bond donors (Lipinski definition) is 1. The summed E-state index contributed by atoms with van der Waals surface area (Å²) in [5.74, 6) is 1.66. The number of likely N-dealkylation sites (N-methyl/N-ethyl adjacent to an activating group) is 1. The van der Waals surface area contributed by atoms with Crippen molar-refractivity contribution in [2.24, 2.45) is 0 Å². The van der Waals surface area contributed by atoms with Crippen molar-refractivity contribution in [2.45, 2.75) is 20.0 Å². The molecule has 0 aliphatic carbocycles. The average Bonchev–Trinajstić information content (AvgIpc) is 3.21. The molecule has 1 aliphatic rings. The van der Waals surface area contributed by atoms with E-state index in [0.717, 1.165) is 53.2 Å². The van der Waals surface area contributed by atoms with Gasteiger partial charge in [0.1, 0.15) is 23.3 Å². The minimum atomic E-state index is 0.195. The molecule has 5 rings (SSSR count). The molecule has 1 aliphatic heterocycles. The second-order valence-electron chi connectivity index (χ2n) is 8.33. The molecule has 33 heavy (non-hydrogen) atoms. The van der Waals surface area contributed by atoms with Crippen LogP contribution in [0, 0.1) is 6.92 Å². The van der Waals surface area contributed by atoms with Crippen LogP contribution < -0.4 is 4.74 Å². The summed E-state index contributed by atoms with van der Waals surface area (Å²) >= 11 is 6.59. The fourth-order valence-corrected chi connectivity index (χ4v) is 4.53. The molecule has 1 saturated heterocycles. The highest BCUT2D eigenvalue weighted by atomic mass is 35.5. The van der Waals surface area contributed by atoms with E-state index in [0.29, 0.717) is 16.5 Å². The summed E-state index contributed by atoms with van der Waals surface area (Å²) in [6.45, 7) is 7.15. The minimum Gasteiger partial charge on any atom is -0.508 e. The SMILES string of the molecule is CCN1CC(Oc2ccc(-c3c(-c4c(C)cccc4Cl)noc3-c3ccc(O)cc3)cc2)C1. The Balaban J connectivity index is 1.56. The molecule has 0 amide bonds. The summed E-state index contributed by atoms with van der Waals surface area (Å²) < 4.78 is 12.0. The fourth-order valence-electron chi connectivity index (χ4n) is 4.22. The van der Waals surface area contributed by atoms with E-state index in [1.54, 1.807) is 12.1 Å². The van der Waals surface area contributed by atoms with Gasteiger partial charge in [0.05, 0.1) is 10.6 Å². The van der Waals surface area contributed by atoms with Crippen LogP contribution in [0.3, 0.4) is 0 Å². The molecule has 0 radical (unpaired) electrons. The number of halogens is 1. The number of hydrogen-bond acceptors (Lipinski definition) is 5. The van der Waals surface area contributed by atoms with Crippen LogP contribution >= 0.6 is 11.6 Å². The predicted molar refractivity (Wildman–Crippen MR) is 131 cm³/mol. The van der Waals surface area contributed by atoms with Crippen LogP contribution in [-0.2, 0) is 0 Å². The van der Waals surface area contributed by atoms with Crippen LogP contribution in [0.5, 0.6) is 11.5 Å². The van der Waals surface area contributed by atoms with Gasteiger partial charge in [-0.3, -0.25) is 4.90 Å². The fraction of sp³-hybridized carbons (Fsp3) is 0.222. The monoisotopic (exact) mass is 460 g/mol. The first-order valence-corrected chi connectivity index (χ1v) is 11.4. The molecule has 6 heteroatoms. The molecule has 1 fully saturated rings. The Bertz CT molecular complexity index is 1240. The van der Waals surface area contributed by atoms with Gasteiger partial charge in [-0.15, -0.1) is 0 Å². The molecule has 0 bridgehead atoms. The van der Waals surface area contributed by atoms with E-state index >= 15 is 0 Å². The molecule has 3 aromatic carbocycles. The van der Waals surface area contributed by atoms with Crippen LogP contribution in [0.1, 0.15) is 12.5 Å². The number of aryl methyl sites for hydroxylation is 1. The van der Waals surface area contributed by atoms with Crippen LogP contribution in [0.15, 0.2) is 71.3 Å². The summed E-state index contributed by atoms with van der Waals surface area (Å²) in [6.07, 6.45) is 0.236. The van der Waals surface area contributed by atoms with E-state index in [4.69, 9.17) is 20.9 Å². The number of likely N-dealkylation sites (tertiary alicyclic amines) is 1. The second-order valence-corrected chi connectivity index (χ2v) is 8.74. The lowest BCUT2D eigenvalue weighted by atomic mass is 9.94. The summed E-state index contributed by atoms with van der Waals surface area (Å²) in [5, 5.41) is 14.8. The normalized spacial score (nSPS) is 14.3. The van der Waals surface area contributed by atoms with Gasteiger partial charge in [0.15, 0.2) is 5.76 Å². The summed E-state index contributed by atoms with van der Waals surface area (Å²) in [6, 6.07) is 20.7. The number of aromatic hydroxyl groups is 1. The zero-order valence-electron chi connectivity index (χ0n) is 18.6. The van der Waals surface area contributed by atoms with Crippen LogP contribution in [0.25, 0.3) is 33.7 Å². The lowest BCUT2D eigenvalue weighted by molar-refractivity contribution is 0.0238. The molecule has 4 aromatic rings. The maximum absolute atomic E-state index is 9.73. The number of phenols is 1. The maximum atomic E-state index is 9.73. The average molecular weight is 461 g/mol. The Morgan fingerprint density at radius 3 is 2.36 bits per heavy atom. The molecule has 1 aromatic heterocycles. The lowest BCUT2D eigenvalue weighted by Crippen LogP contribution is -2.53. The number of rotatable bonds is 6. The van der Waals surface area contributed by atoms with Crippen LogP contribution in [-0.4, -0.2) is 40.9 Å². The first-order chi connectivity index (χ1) is 16.0. The van der Waals surface area contributed by atoms with Gasteiger partial charge in [0.25, 0.3) is 0 Å². The molecular formula is C27H25ClN2O3. The summed E-state index contributed by atoms with van der Waals surface area (Å²) in [7, 11) is 0. The van der Waals surface area contributed by atoms with Crippen molar-refractivity contribution in [3.8, 4) is 45.2 Å². The molecule has 0 atom stereocenters. The predicted octanol–water partition coefficient (Wildman–Crippen LogP) is 6.43. The van der Waals surface area contributed by atoms with Crippen molar-refractivity contribution < 1.29 is 14.4 Å². The summed E-state index contributed by atoms with van der Waals surface area (Å²) in [5.41, 5.74) is 5.17. The highest BCUT2D eigenvalue weighted by Crippen LogP contribution is 2.43. The first kappa shape index (κ1) is 21.6. The third kappa shape index (κ3) is 4.22. The van der Waals surface area contributed by atoms with Gasteiger partial charge in [-0.1, -0.05) is 47.9 Å². The highest BCUT2D eigenvalue weighted by Gasteiger charge is 2.27. The molecule has 168 valence electrons. The Hall–Kier alpha value is -3.28. The molecule has 0 unspecified atom stereocenters. The highest BCUT2D eigenvalue weighted by molar-refractivity contribution is 6.33. The Labute approximate surface area is 198 Å². The number of phenolic OH excluding ortho intramolecular Hbond substituents is 1. The van der Waals surface area contributed by atoms with Gasteiger partial charge < -0.3 is 14.4 Å². The van der Waals surface area contributed by atoms with E-state index in [9.17, 15) is 5.11 Å². The zero-order chi connectivity index (χ0) is 22.9. The molecule has 0 spiro atoms. The van der Waals surface area contributed by atoms with E-state index in [2.05, 4.69) is 17.0 Å². The topological polar surface area (TPSA) is 58.7 Å². The molecular weight excluding hydrogens is 436 g/mol. The van der Waals surface area contributed by atoms with Crippen molar-refractivity contribution in [2.75, 3.05) is 19.6 Å². The number of nitrogens with zero attached hydrogens (tertiary/aromatic N) is 2. The van der Waals surface area contributed by atoms with Gasteiger partial charge in [0.2, 0.25) is 0 Å². The van der Waals surface area contributed by atoms with Crippen molar-refractivity contribution >= 4 is 11.6 Å². The van der Waals surface area contributed by atoms with Crippen molar-refractivity contribution in [1.82, 2.24) is 10.1 Å². The van der Waals surface area contributed by atoms with Gasteiger partial charge in [-0.05, 0) is 67.1 Å². The van der Waals surface area contributed by atoms with E-state index in [1.165, 1.54) is 0 Å². The van der Waals surface area contributed by atoms with Gasteiger partial charge in [0, 0.05) is 24.2 Å². The van der Waals surface area contributed by atoms with Gasteiger partial charge in [-0.2, -0.15) is 0 Å². The lowest BCUT2D eigenvalue weighted by Gasteiger charge is -2.38. The Morgan fingerprint density at radius 1 is 1.00 bits per heavy atom. The van der Waals surface area contributed by atoms with Crippen molar-refractivity contribution in [3.63, 3.8) is 0 Å². The largest absolute Gasteiger partial charge is 0.508 e. The second kappa shape index (κ2) is 8.93. The Morgan fingerprint density at radius 2 is 1.70 bits per heavy atom. The molecule has 1 N–H and O–H groups in total. The Kier molecular flexibility index (Phi) is 5.83. The quantitative estimate of drug-likeness (QED) is 0.359. The third-order valence-corrected chi connectivity index (χ3v) is 6.41. The summed E-state index contributed by atoms with van der Waals surface area (Å²) in [4.78, 5) is 2.35. The first-order valence-electron chi connectivity index (χ1n) is 11.1. The molecule has 2 heterocycles. The molecule has 0 saturated carbocycles. The third-order valence-electron chi connectivity index (χ3n) is 6.10. The zero-order valence-corrected chi connectivity index (χ0v) is 19.3. The number of ether oxygens (including phenoxy) is 1. The van der Waals surface area contributed by atoms with Crippen molar-refractivity contribution in [1.29, 1.82) is 0 Å². The maximum Gasteiger partial charge on any atom is 0.175 e. The molecule has 5 nitrogen and oxygen atoms in total. The van der Waals surface area contributed by atoms with Crippen LogP contribution in [0.2, 0.25) is 5.02 Å². The van der Waals surface area contributed by atoms with E-state index in [-0.39, 0.29) is 11.9 Å². The van der Waals surface area contributed by atoms with Gasteiger partial charge in [-0.25, -0.2) is 0 Å². The van der Waals surface area contributed by atoms with Gasteiger partial charge >= 0.3 is 0 Å². The number of aromatic nitrogens is 1. The minimum absolute atomic E-state index is 0.195. The number of benzene rings is 3. The smallest absolute Gasteiger partial charge is 0.175 e. The van der Waals surface area contributed by atoms with E-state index < -0.39 is 0 Å². The van der Waals surface area contributed by atoms with E-state index in [1.807, 2.05) is 61.5 Å². The van der Waals surface area contributed by atoms with Crippen LogP contribution in [0.4, 0.5) is 0 Å². The van der Waals surface area contributed by atoms with Crippen molar-refractivity contribution in [3.05, 3.63) is 77.3 Å².